The quantitative estimate of drug-likeness (QED) is 0.778. The van der Waals surface area contributed by atoms with Gasteiger partial charge < -0.3 is 15.5 Å². The van der Waals surface area contributed by atoms with E-state index in [9.17, 15) is 14.7 Å². The second-order valence-electron chi connectivity index (χ2n) is 3.73. The van der Waals surface area contributed by atoms with Crippen LogP contribution in [0.3, 0.4) is 0 Å². The number of carboxylic acids is 1. The summed E-state index contributed by atoms with van der Waals surface area (Å²) >= 11 is 0. The Balaban J connectivity index is 2.31. The smallest absolute Gasteiger partial charge is 0.337 e. The summed E-state index contributed by atoms with van der Waals surface area (Å²) in [5.41, 5.74) is 0.221. The van der Waals surface area contributed by atoms with Crippen LogP contribution in [-0.2, 0) is 0 Å². The largest absolute Gasteiger partial charge is 0.508 e. The number of nitrogens with zero attached hydrogens (tertiary/aromatic N) is 1. The molecule has 0 aliphatic rings. The number of aromatic nitrogens is 1. The van der Waals surface area contributed by atoms with Crippen LogP contribution in [0.4, 0.5) is 5.69 Å². The average molecular weight is 258 g/mol. The summed E-state index contributed by atoms with van der Waals surface area (Å²) in [6.45, 7) is 0. The lowest BCUT2D eigenvalue weighted by Crippen LogP contribution is -2.14. The SMILES string of the molecule is O=C(Nc1cc(O)ccc1C(=O)O)c1cccnc1. The number of anilines is 1. The van der Waals surface area contributed by atoms with Crippen molar-refractivity contribution < 1.29 is 19.8 Å². The minimum absolute atomic E-state index is 0.0290. The Morgan fingerprint density at radius 2 is 2.00 bits per heavy atom. The zero-order valence-corrected chi connectivity index (χ0v) is 9.70. The van der Waals surface area contributed by atoms with Gasteiger partial charge in [-0.05, 0) is 24.3 Å². The topological polar surface area (TPSA) is 99.5 Å². The Labute approximate surface area is 108 Å². The molecule has 1 heterocycles. The standard InChI is InChI=1S/C13H10N2O4/c16-9-3-4-10(13(18)19)11(6-9)15-12(17)8-2-1-5-14-7-8/h1-7,16H,(H,15,17)(H,18,19). The zero-order valence-electron chi connectivity index (χ0n) is 9.70. The van der Waals surface area contributed by atoms with Crippen LogP contribution in [0.5, 0.6) is 5.75 Å². The van der Waals surface area contributed by atoms with E-state index >= 15 is 0 Å². The fourth-order valence-electron chi connectivity index (χ4n) is 1.51. The van der Waals surface area contributed by atoms with E-state index in [0.29, 0.717) is 5.56 Å². The molecule has 0 atom stereocenters. The van der Waals surface area contributed by atoms with Crippen molar-refractivity contribution in [2.45, 2.75) is 0 Å². The van der Waals surface area contributed by atoms with Gasteiger partial charge in [0.2, 0.25) is 0 Å². The predicted molar refractivity (Wildman–Crippen MR) is 67.3 cm³/mol. The van der Waals surface area contributed by atoms with Gasteiger partial charge in [-0.2, -0.15) is 0 Å². The number of phenolic OH excluding ortho intramolecular Hbond substituents is 1. The van der Waals surface area contributed by atoms with Crippen LogP contribution in [0.15, 0.2) is 42.7 Å². The first-order valence-electron chi connectivity index (χ1n) is 5.35. The van der Waals surface area contributed by atoms with Crippen molar-refractivity contribution in [2.24, 2.45) is 0 Å². The number of nitrogens with one attached hydrogen (secondary N) is 1. The Morgan fingerprint density at radius 3 is 2.63 bits per heavy atom. The highest BCUT2D eigenvalue weighted by molar-refractivity contribution is 6.07. The molecule has 1 aromatic heterocycles. The van der Waals surface area contributed by atoms with Crippen molar-refractivity contribution in [3.05, 3.63) is 53.9 Å². The number of aromatic carboxylic acids is 1. The molecule has 0 radical (unpaired) electrons. The van der Waals surface area contributed by atoms with E-state index in [1.807, 2.05) is 0 Å². The molecule has 0 spiro atoms. The third-order valence-electron chi connectivity index (χ3n) is 2.41. The number of phenols is 1. The number of carbonyl (C=O) groups excluding carboxylic acids is 1. The Kier molecular flexibility index (Phi) is 3.42. The first kappa shape index (κ1) is 12.6. The van der Waals surface area contributed by atoms with Crippen molar-refractivity contribution in [3.8, 4) is 5.75 Å². The van der Waals surface area contributed by atoms with Crippen molar-refractivity contribution in [1.82, 2.24) is 4.98 Å². The third-order valence-corrected chi connectivity index (χ3v) is 2.41. The number of rotatable bonds is 3. The number of carbonyl (C=O) groups is 2. The Hall–Kier alpha value is -2.89. The molecule has 1 amide bonds. The maximum atomic E-state index is 11.9. The van der Waals surface area contributed by atoms with Crippen molar-refractivity contribution >= 4 is 17.6 Å². The molecule has 19 heavy (non-hydrogen) atoms. The summed E-state index contributed by atoms with van der Waals surface area (Å²) in [7, 11) is 0. The Morgan fingerprint density at radius 1 is 1.21 bits per heavy atom. The number of benzene rings is 1. The van der Waals surface area contributed by atoms with Gasteiger partial charge in [-0.1, -0.05) is 0 Å². The van der Waals surface area contributed by atoms with Crippen molar-refractivity contribution in [2.75, 3.05) is 5.32 Å². The van der Waals surface area contributed by atoms with Crippen LogP contribution in [-0.4, -0.2) is 27.1 Å². The second kappa shape index (κ2) is 5.18. The predicted octanol–water partition coefficient (Wildman–Crippen LogP) is 1.74. The number of hydrogen-bond acceptors (Lipinski definition) is 4. The molecule has 0 unspecified atom stereocenters. The number of carboxylic acid groups (broad SMARTS) is 1. The third kappa shape index (κ3) is 2.86. The second-order valence-corrected chi connectivity index (χ2v) is 3.73. The van der Waals surface area contributed by atoms with Gasteiger partial charge in [0.15, 0.2) is 0 Å². The molecule has 0 saturated heterocycles. The summed E-state index contributed by atoms with van der Waals surface area (Å²) in [4.78, 5) is 26.7. The molecule has 6 heteroatoms. The summed E-state index contributed by atoms with van der Waals surface area (Å²) in [5, 5.41) is 20.8. The summed E-state index contributed by atoms with van der Waals surface area (Å²) in [5.74, 6) is -1.82. The molecule has 2 rings (SSSR count). The van der Waals surface area contributed by atoms with E-state index in [0.717, 1.165) is 0 Å². The highest BCUT2D eigenvalue weighted by Gasteiger charge is 2.14. The molecule has 0 bridgehead atoms. The van der Waals surface area contributed by atoms with Gasteiger partial charge in [0, 0.05) is 18.5 Å². The maximum absolute atomic E-state index is 11.9. The van der Waals surface area contributed by atoms with Crippen LogP contribution in [0, 0.1) is 0 Å². The molecule has 96 valence electrons. The molecule has 1 aromatic carbocycles. The van der Waals surface area contributed by atoms with Crippen LogP contribution < -0.4 is 5.32 Å². The van der Waals surface area contributed by atoms with E-state index < -0.39 is 11.9 Å². The molecule has 0 fully saturated rings. The summed E-state index contributed by atoms with van der Waals surface area (Å²) in [6, 6.07) is 6.78. The van der Waals surface area contributed by atoms with E-state index in [1.54, 1.807) is 12.1 Å². The minimum Gasteiger partial charge on any atom is -0.508 e. The van der Waals surface area contributed by atoms with E-state index in [-0.39, 0.29) is 17.0 Å². The average Bonchev–Trinajstić information content (AvgIpc) is 2.39. The molecule has 0 aliphatic carbocycles. The maximum Gasteiger partial charge on any atom is 0.337 e. The first-order chi connectivity index (χ1) is 9.08. The normalized spacial score (nSPS) is 9.89. The lowest BCUT2D eigenvalue weighted by molar-refractivity contribution is 0.0698. The Bertz CT molecular complexity index is 626. The number of amides is 1. The lowest BCUT2D eigenvalue weighted by Gasteiger charge is -2.08. The van der Waals surface area contributed by atoms with Gasteiger partial charge in [-0.25, -0.2) is 4.79 Å². The van der Waals surface area contributed by atoms with Crippen molar-refractivity contribution in [3.63, 3.8) is 0 Å². The minimum atomic E-state index is -1.19. The van der Waals surface area contributed by atoms with Crippen LogP contribution >= 0.6 is 0 Å². The van der Waals surface area contributed by atoms with Crippen molar-refractivity contribution in [1.29, 1.82) is 0 Å². The van der Waals surface area contributed by atoms with Gasteiger partial charge in [0.25, 0.3) is 5.91 Å². The first-order valence-corrected chi connectivity index (χ1v) is 5.35. The molecule has 3 N–H and O–H groups in total. The monoisotopic (exact) mass is 258 g/mol. The highest BCUT2D eigenvalue weighted by Crippen LogP contribution is 2.22. The molecule has 2 aromatic rings. The number of pyridine rings is 1. The molecule has 6 nitrogen and oxygen atoms in total. The van der Waals surface area contributed by atoms with Crippen LogP contribution in [0.2, 0.25) is 0 Å². The molecular formula is C13H10N2O4. The summed E-state index contributed by atoms with van der Waals surface area (Å²) < 4.78 is 0. The van der Waals surface area contributed by atoms with E-state index in [2.05, 4.69) is 10.3 Å². The van der Waals surface area contributed by atoms with E-state index in [4.69, 9.17) is 5.11 Å². The fourth-order valence-corrected chi connectivity index (χ4v) is 1.51. The molecule has 0 saturated carbocycles. The summed E-state index contributed by atoms with van der Waals surface area (Å²) in [6.07, 6.45) is 2.88. The van der Waals surface area contributed by atoms with Gasteiger partial charge in [0.1, 0.15) is 5.75 Å². The number of hydrogen-bond donors (Lipinski definition) is 3. The zero-order chi connectivity index (χ0) is 13.8. The van der Waals surface area contributed by atoms with E-state index in [1.165, 1.54) is 30.6 Å². The fraction of sp³-hybridized carbons (Fsp3) is 0. The molecular weight excluding hydrogens is 248 g/mol. The van der Waals surface area contributed by atoms with Crippen LogP contribution in [0.25, 0.3) is 0 Å². The van der Waals surface area contributed by atoms with Gasteiger partial charge >= 0.3 is 5.97 Å². The molecule has 0 aliphatic heterocycles. The van der Waals surface area contributed by atoms with Crippen LogP contribution in [0.1, 0.15) is 20.7 Å². The highest BCUT2D eigenvalue weighted by atomic mass is 16.4. The lowest BCUT2D eigenvalue weighted by atomic mass is 10.1. The number of aromatic hydroxyl groups is 1. The van der Waals surface area contributed by atoms with Gasteiger partial charge in [-0.3, -0.25) is 9.78 Å². The van der Waals surface area contributed by atoms with Gasteiger partial charge in [0.05, 0.1) is 16.8 Å². The van der Waals surface area contributed by atoms with Gasteiger partial charge in [-0.15, -0.1) is 0 Å².